The summed E-state index contributed by atoms with van der Waals surface area (Å²) in [5, 5.41) is 21.4. The molecule has 1 heterocycles. The largest absolute Gasteiger partial charge is 0.388 e. The van der Waals surface area contributed by atoms with Crippen molar-refractivity contribution < 1.29 is 19.3 Å². The number of hydrogen-bond donors (Lipinski definition) is 2. The Bertz CT molecular complexity index is 246. The number of aliphatic hydroxyl groups is 2. The van der Waals surface area contributed by atoms with E-state index in [1.54, 1.807) is 0 Å². The first kappa shape index (κ1) is 11.2. The van der Waals surface area contributed by atoms with E-state index in [9.17, 15) is 9.50 Å². The number of aliphatic hydroxyl groups excluding tert-OH is 2. The molecule has 1 unspecified atom stereocenters. The van der Waals surface area contributed by atoms with Crippen molar-refractivity contribution in [3.05, 3.63) is 17.4 Å². The van der Waals surface area contributed by atoms with Crippen LogP contribution in [0.5, 0.6) is 0 Å². The fraction of sp³-hybridized carbons (Fsp3) is 0.857. The Kier molecular flexibility index (Phi) is 3.65. The second kappa shape index (κ2) is 4.56. The van der Waals surface area contributed by atoms with Crippen molar-refractivity contribution in [2.45, 2.75) is 30.6 Å². The maximum atomic E-state index is 13.2. The SMILES string of the molecule is [CH][C@@H]1O[C@@H]([C@@H](F)CN=[N+]=[N-])[C@H](O)C1O. The van der Waals surface area contributed by atoms with Crippen molar-refractivity contribution in [1.29, 1.82) is 0 Å². The van der Waals surface area contributed by atoms with E-state index in [4.69, 9.17) is 22.3 Å². The van der Waals surface area contributed by atoms with Crippen LogP contribution >= 0.6 is 0 Å². The van der Waals surface area contributed by atoms with Gasteiger partial charge in [0.05, 0.1) is 12.6 Å². The van der Waals surface area contributed by atoms with Gasteiger partial charge >= 0.3 is 0 Å². The quantitative estimate of drug-likeness (QED) is 0.378. The number of hydrogen-bond acceptors (Lipinski definition) is 4. The highest BCUT2D eigenvalue weighted by atomic mass is 19.1. The minimum Gasteiger partial charge on any atom is -0.388 e. The van der Waals surface area contributed by atoms with Crippen LogP contribution in [-0.2, 0) is 4.74 Å². The molecule has 2 N–H and O–H groups in total. The second-order valence-electron chi connectivity index (χ2n) is 2.98. The summed E-state index contributed by atoms with van der Waals surface area (Å²) >= 11 is 0. The molecule has 2 radical (unpaired) electrons. The zero-order valence-electron chi connectivity index (χ0n) is 7.19. The standard InChI is InChI=1S/C7H10FN3O3/c1-3-5(12)6(13)7(14-3)4(8)2-10-11-9/h1,3-7,12-13H,2H2/t3-,4-,5?,6+,7-/m0/s1. The van der Waals surface area contributed by atoms with E-state index in [2.05, 4.69) is 10.0 Å². The summed E-state index contributed by atoms with van der Waals surface area (Å²) in [5.74, 6) is 0. The average Bonchev–Trinajstić information content (AvgIpc) is 2.42. The molecule has 0 aromatic carbocycles. The zero-order chi connectivity index (χ0) is 10.7. The van der Waals surface area contributed by atoms with Crippen LogP contribution in [0.15, 0.2) is 5.11 Å². The van der Waals surface area contributed by atoms with Gasteiger partial charge in [-0.1, -0.05) is 5.11 Å². The maximum absolute atomic E-state index is 13.2. The van der Waals surface area contributed by atoms with Gasteiger partial charge in [-0.25, -0.2) is 4.39 Å². The third-order valence-electron chi connectivity index (χ3n) is 2.01. The van der Waals surface area contributed by atoms with Crippen LogP contribution in [0, 0.1) is 6.92 Å². The first-order chi connectivity index (χ1) is 6.57. The molecule has 78 valence electrons. The normalized spacial score (nSPS) is 39.1. The third kappa shape index (κ3) is 2.13. The molecule has 1 rings (SSSR count). The lowest BCUT2D eigenvalue weighted by Gasteiger charge is -2.17. The van der Waals surface area contributed by atoms with Crippen LogP contribution in [-0.4, -0.2) is 47.3 Å². The Morgan fingerprint density at radius 1 is 1.57 bits per heavy atom. The molecule has 0 spiro atoms. The number of azide groups is 1. The summed E-state index contributed by atoms with van der Waals surface area (Å²) in [7, 11) is 0. The van der Waals surface area contributed by atoms with E-state index in [-0.39, 0.29) is 0 Å². The topological polar surface area (TPSA) is 98.5 Å². The number of halogens is 1. The van der Waals surface area contributed by atoms with Gasteiger partial charge in [-0.3, -0.25) is 0 Å². The van der Waals surface area contributed by atoms with Gasteiger partial charge in [0.15, 0.2) is 0 Å². The minimum atomic E-state index is -1.68. The van der Waals surface area contributed by atoms with E-state index in [0.717, 1.165) is 0 Å². The van der Waals surface area contributed by atoms with Gasteiger partial charge in [-0.2, -0.15) is 0 Å². The molecule has 0 aromatic rings. The van der Waals surface area contributed by atoms with Crippen molar-refractivity contribution >= 4 is 0 Å². The Morgan fingerprint density at radius 3 is 2.64 bits per heavy atom. The van der Waals surface area contributed by atoms with Crippen LogP contribution in [0.3, 0.4) is 0 Å². The van der Waals surface area contributed by atoms with Gasteiger partial charge < -0.3 is 14.9 Å². The van der Waals surface area contributed by atoms with E-state index < -0.39 is 37.1 Å². The Balaban J connectivity index is 2.56. The summed E-state index contributed by atoms with van der Waals surface area (Å²) in [6, 6.07) is 0. The smallest absolute Gasteiger partial charge is 0.134 e. The van der Waals surface area contributed by atoms with E-state index in [1.807, 2.05) is 0 Å². The molecule has 1 aliphatic heterocycles. The van der Waals surface area contributed by atoms with E-state index in [0.29, 0.717) is 0 Å². The fourth-order valence-corrected chi connectivity index (χ4v) is 1.25. The van der Waals surface area contributed by atoms with Gasteiger partial charge in [0.2, 0.25) is 0 Å². The molecule has 0 amide bonds. The number of ether oxygens (including phenoxy) is 1. The molecule has 14 heavy (non-hydrogen) atoms. The van der Waals surface area contributed by atoms with Crippen LogP contribution in [0.1, 0.15) is 0 Å². The molecule has 1 aliphatic rings. The molecule has 0 aromatic heterocycles. The lowest BCUT2D eigenvalue weighted by atomic mass is 10.1. The maximum Gasteiger partial charge on any atom is 0.134 e. The van der Waals surface area contributed by atoms with Crippen molar-refractivity contribution in [1.82, 2.24) is 0 Å². The monoisotopic (exact) mass is 203 g/mol. The summed E-state index contributed by atoms with van der Waals surface area (Å²) < 4.78 is 17.9. The number of rotatable bonds is 3. The van der Waals surface area contributed by atoms with Crippen LogP contribution in [0.4, 0.5) is 4.39 Å². The summed E-state index contributed by atoms with van der Waals surface area (Å²) in [4.78, 5) is 2.36. The van der Waals surface area contributed by atoms with Gasteiger partial charge in [0.1, 0.15) is 24.5 Å². The van der Waals surface area contributed by atoms with Crippen LogP contribution < -0.4 is 0 Å². The first-order valence-corrected chi connectivity index (χ1v) is 4.00. The Labute approximate surface area is 79.9 Å². The highest BCUT2D eigenvalue weighted by Crippen LogP contribution is 2.24. The molecule has 0 aliphatic carbocycles. The number of alkyl halides is 1. The molecular weight excluding hydrogens is 193 g/mol. The second-order valence-corrected chi connectivity index (χ2v) is 2.98. The first-order valence-electron chi connectivity index (χ1n) is 4.00. The minimum absolute atomic E-state index is 0.461. The molecular formula is C7H10FN3O3. The van der Waals surface area contributed by atoms with Crippen molar-refractivity contribution in [3.63, 3.8) is 0 Å². The lowest BCUT2D eigenvalue weighted by molar-refractivity contribution is -0.0247. The van der Waals surface area contributed by atoms with E-state index >= 15 is 0 Å². The molecule has 7 heteroatoms. The van der Waals surface area contributed by atoms with Gasteiger partial charge in [-0.15, -0.1) is 0 Å². The van der Waals surface area contributed by atoms with Gasteiger partial charge in [0.25, 0.3) is 0 Å². The molecule has 5 atom stereocenters. The Hall–Kier alpha value is -0.880. The molecule has 0 saturated carbocycles. The third-order valence-corrected chi connectivity index (χ3v) is 2.01. The number of nitrogens with zero attached hydrogens (tertiary/aromatic N) is 3. The highest BCUT2D eigenvalue weighted by Gasteiger charge is 2.44. The molecule has 1 fully saturated rings. The molecule has 1 saturated heterocycles. The summed E-state index contributed by atoms with van der Waals surface area (Å²) in [6.45, 7) is 4.76. The molecule has 6 nitrogen and oxygen atoms in total. The van der Waals surface area contributed by atoms with Crippen LogP contribution in [0.2, 0.25) is 0 Å². The predicted octanol–water partition coefficient (Wildman–Crippen LogP) is -0.165. The van der Waals surface area contributed by atoms with Crippen LogP contribution in [0.25, 0.3) is 10.4 Å². The fourth-order valence-electron chi connectivity index (χ4n) is 1.25. The van der Waals surface area contributed by atoms with Crippen molar-refractivity contribution in [3.8, 4) is 0 Å². The van der Waals surface area contributed by atoms with E-state index in [1.165, 1.54) is 0 Å². The average molecular weight is 203 g/mol. The van der Waals surface area contributed by atoms with Crippen molar-refractivity contribution in [2.24, 2.45) is 5.11 Å². The Morgan fingerprint density at radius 2 is 2.21 bits per heavy atom. The lowest BCUT2D eigenvalue weighted by Crippen LogP contribution is -2.38. The molecule has 0 bridgehead atoms. The van der Waals surface area contributed by atoms with Gasteiger partial charge in [0, 0.05) is 4.91 Å². The van der Waals surface area contributed by atoms with Gasteiger partial charge in [-0.05, 0) is 12.5 Å². The summed E-state index contributed by atoms with van der Waals surface area (Å²) in [5.41, 5.74) is 7.94. The summed E-state index contributed by atoms with van der Waals surface area (Å²) in [6.07, 6.45) is -6.74. The highest BCUT2D eigenvalue weighted by molar-refractivity contribution is 4.95. The predicted molar refractivity (Wildman–Crippen MR) is 43.9 cm³/mol. The zero-order valence-corrected chi connectivity index (χ0v) is 7.19. The van der Waals surface area contributed by atoms with Crippen molar-refractivity contribution in [2.75, 3.05) is 6.54 Å².